The number of hydrogen-bond acceptors (Lipinski definition) is 5. The zero-order valence-electron chi connectivity index (χ0n) is 13.4. The van der Waals surface area contributed by atoms with E-state index < -0.39 is 17.7 Å². The van der Waals surface area contributed by atoms with Crippen LogP contribution in [-0.4, -0.2) is 47.7 Å². The van der Waals surface area contributed by atoms with Crippen LogP contribution in [0.3, 0.4) is 0 Å². The lowest BCUT2D eigenvalue weighted by molar-refractivity contribution is 0.117. The molecule has 1 aromatic heterocycles. The Bertz CT molecular complexity index is 629. The van der Waals surface area contributed by atoms with E-state index in [2.05, 4.69) is 9.97 Å². The van der Waals surface area contributed by atoms with Crippen molar-refractivity contribution >= 4 is 5.95 Å². The van der Waals surface area contributed by atoms with Crippen LogP contribution in [0.1, 0.15) is 17.2 Å². The van der Waals surface area contributed by atoms with Gasteiger partial charge in [-0.15, -0.1) is 0 Å². The minimum atomic E-state index is -1.25. The van der Waals surface area contributed by atoms with Gasteiger partial charge in [0.1, 0.15) is 11.6 Å². The lowest BCUT2D eigenvalue weighted by atomic mass is 10.1. The highest BCUT2D eigenvalue weighted by molar-refractivity contribution is 5.26. The van der Waals surface area contributed by atoms with Gasteiger partial charge in [0, 0.05) is 45.1 Å². The summed E-state index contributed by atoms with van der Waals surface area (Å²) in [4.78, 5) is 11.9. The van der Waals surface area contributed by atoms with E-state index in [0.717, 1.165) is 17.7 Å². The molecule has 1 aromatic carbocycles. The van der Waals surface area contributed by atoms with Gasteiger partial charge in [-0.2, -0.15) is 0 Å². The molecule has 0 aliphatic carbocycles. The normalized spacial score (nSPS) is 12.5. The van der Waals surface area contributed by atoms with E-state index in [1.165, 1.54) is 6.07 Å². The number of halogens is 2. The molecule has 1 heterocycles. The Morgan fingerprint density at radius 1 is 1.09 bits per heavy atom. The molecule has 0 spiro atoms. The van der Waals surface area contributed by atoms with E-state index >= 15 is 0 Å². The quantitative estimate of drug-likeness (QED) is 0.881. The monoisotopic (exact) mass is 322 g/mol. The number of likely N-dealkylation sites (N-methyl/N-ethyl adjacent to an activating group) is 1. The number of hydrogen-bond donors (Lipinski definition) is 1. The number of aliphatic hydroxyl groups is 1. The molecule has 2 aromatic rings. The van der Waals surface area contributed by atoms with E-state index in [1.54, 1.807) is 29.2 Å². The summed E-state index contributed by atoms with van der Waals surface area (Å²) in [7, 11) is 5.45. The molecule has 1 atom stereocenters. The Morgan fingerprint density at radius 2 is 1.65 bits per heavy atom. The molecule has 0 bridgehead atoms. The molecule has 0 saturated carbocycles. The largest absolute Gasteiger partial charge is 0.387 e. The molecular weight excluding hydrogens is 302 g/mol. The molecule has 2 rings (SSSR count). The molecule has 0 amide bonds. The topological polar surface area (TPSA) is 52.5 Å². The number of nitrogens with zero attached hydrogens (tertiary/aromatic N) is 4. The van der Waals surface area contributed by atoms with Crippen LogP contribution in [0.5, 0.6) is 0 Å². The van der Waals surface area contributed by atoms with Gasteiger partial charge in [0.05, 0.1) is 11.7 Å². The smallest absolute Gasteiger partial charge is 0.224 e. The lowest BCUT2D eigenvalue weighted by Gasteiger charge is -2.21. The van der Waals surface area contributed by atoms with Crippen molar-refractivity contribution in [3.05, 3.63) is 53.4 Å². The van der Waals surface area contributed by atoms with Crippen LogP contribution in [-0.2, 0) is 6.54 Å². The SMILES string of the molecule is CN(Cc1cnc(N(C)C)nc1)CC(O)c1c(F)cccc1F. The first-order valence-corrected chi connectivity index (χ1v) is 7.17. The second kappa shape index (κ2) is 7.43. The highest BCUT2D eigenvalue weighted by Gasteiger charge is 2.19. The van der Waals surface area contributed by atoms with Gasteiger partial charge in [0.25, 0.3) is 0 Å². The van der Waals surface area contributed by atoms with Crippen LogP contribution in [0.25, 0.3) is 0 Å². The first kappa shape index (κ1) is 17.2. The van der Waals surface area contributed by atoms with Crippen LogP contribution in [0.2, 0.25) is 0 Å². The standard InChI is InChI=1S/C16H20F2N4O/c1-21(2)16-19-7-11(8-20-16)9-22(3)10-14(23)15-12(17)5-4-6-13(15)18/h4-8,14,23H,9-10H2,1-3H3. The zero-order valence-corrected chi connectivity index (χ0v) is 13.4. The molecule has 1 N–H and O–H groups in total. The summed E-state index contributed by atoms with van der Waals surface area (Å²) in [5.41, 5.74) is 0.540. The number of aromatic nitrogens is 2. The molecule has 0 saturated heterocycles. The summed E-state index contributed by atoms with van der Waals surface area (Å²) in [5.74, 6) is -0.890. The first-order valence-electron chi connectivity index (χ1n) is 7.17. The summed E-state index contributed by atoms with van der Waals surface area (Å²) in [6.45, 7) is 0.550. The molecule has 7 heteroatoms. The van der Waals surface area contributed by atoms with Crippen molar-refractivity contribution in [3.63, 3.8) is 0 Å². The second-order valence-electron chi connectivity index (χ2n) is 5.63. The zero-order chi connectivity index (χ0) is 17.0. The van der Waals surface area contributed by atoms with E-state index in [9.17, 15) is 13.9 Å². The van der Waals surface area contributed by atoms with Gasteiger partial charge in [-0.05, 0) is 19.2 Å². The van der Waals surface area contributed by atoms with Crippen molar-refractivity contribution in [3.8, 4) is 0 Å². The summed E-state index contributed by atoms with van der Waals surface area (Å²) in [6, 6.07) is 3.54. The van der Waals surface area contributed by atoms with Gasteiger partial charge in [-0.3, -0.25) is 4.90 Å². The minimum absolute atomic E-state index is 0.0906. The molecule has 23 heavy (non-hydrogen) atoms. The molecule has 124 valence electrons. The fourth-order valence-electron chi connectivity index (χ4n) is 2.25. The van der Waals surface area contributed by atoms with Crippen LogP contribution >= 0.6 is 0 Å². The van der Waals surface area contributed by atoms with Crippen molar-refractivity contribution in [1.29, 1.82) is 0 Å². The van der Waals surface area contributed by atoms with E-state index in [0.29, 0.717) is 12.5 Å². The van der Waals surface area contributed by atoms with Crippen LogP contribution in [0.15, 0.2) is 30.6 Å². The summed E-state index contributed by atoms with van der Waals surface area (Å²) in [6.07, 6.45) is 2.13. The van der Waals surface area contributed by atoms with E-state index in [-0.39, 0.29) is 12.1 Å². The Balaban J connectivity index is 2.00. The fraction of sp³-hybridized carbons (Fsp3) is 0.375. The Morgan fingerprint density at radius 3 is 2.17 bits per heavy atom. The highest BCUT2D eigenvalue weighted by Crippen LogP contribution is 2.21. The second-order valence-corrected chi connectivity index (χ2v) is 5.63. The average Bonchev–Trinajstić information content (AvgIpc) is 2.47. The van der Waals surface area contributed by atoms with E-state index in [4.69, 9.17) is 0 Å². The van der Waals surface area contributed by atoms with Gasteiger partial charge < -0.3 is 10.0 Å². The molecule has 1 unspecified atom stereocenters. The Kier molecular flexibility index (Phi) is 5.57. The average molecular weight is 322 g/mol. The van der Waals surface area contributed by atoms with Crippen LogP contribution in [0.4, 0.5) is 14.7 Å². The van der Waals surface area contributed by atoms with Gasteiger partial charge in [-0.1, -0.05) is 6.07 Å². The summed E-state index contributed by atoms with van der Waals surface area (Å²) in [5, 5.41) is 10.1. The van der Waals surface area contributed by atoms with Crippen molar-refractivity contribution in [2.75, 3.05) is 32.6 Å². The Hall–Kier alpha value is -2.12. The van der Waals surface area contributed by atoms with Gasteiger partial charge in [0.15, 0.2) is 0 Å². The van der Waals surface area contributed by atoms with Gasteiger partial charge >= 0.3 is 0 Å². The van der Waals surface area contributed by atoms with E-state index in [1.807, 2.05) is 14.1 Å². The highest BCUT2D eigenvalue weighted by atomic mass is 19.1. The maximum atomic E-state index is 13.7. The molecule has 0 aliphatic rings. The molecular formula is C16H20F2N4O. The molecule has 0 aliphatic heterocycles. The van der Waals surface area contributed by atoms with Crippen molar-refractivity contribution in [1.82, 2.24) is 14.9 Å². The molecule has 5 nitrogen and oxygen atoms in total. The third-order valence-electron chi connectivity index (χ3n) is 3.36. The summed E-state index contributed by atoms with van der Waals surface area (Å²) >= 11 is 0. The number of rotatable bonds is 6. The summed E-state index contributed by atoms with van der Waals surface area (Å²) < 4.78 is 27.3. The maximum Gasteiger partial charge on any atom is 0.224 e. The van der Waals surface area contributed by atoms with Crippen LogP contribution < -0.4 is 4.90 Å². The molecule has 0 radical (unpaired) electrons. The predicted octanol–water partition coefficient (Wildman–Crippen LogP) is 1.99. The Labute approximate surface area is 134 Å². The number of anilines is 1. The third-order valence-corrected chi connectivity index (χ3v) is 3.36. The lowest BCUT2D eigenvalue weighted by Crippen LogP contribution is -2.25. The van der Waals surface area contributed by atoms with Crippen molar-refractivity contribution in [2.24, 2.45) is 0 Å². The number of aliphatic hydroxyl groups excluding tert-OH is 1. The fourth-order valence-corrected chi connectivity index (χ4v) is 2.25. The van der Waals surface area contributed by atoms with Crippen molar-refractivity contribution < 1.29 is 13.9 Å². The van der Waals surface area contributed by atoms with Gasteiger partial charge in [0.2, 0.25) is 5.95 Å². The predicted molar refractivity (Wildman–Crippen MR) is 84.0 cm³/mol. The first-order chi connectivity index (χ1) is 10.9. The number of benzene rings is 1. The van der Waals surface area contributed by atoms with Crippen molar-refractivity contribution in [2.45, 2.75) is 12.6 Å². The van der Waals surface area contributed by atoms with Gasteiger partial charge in [-0.25, -0.2) is 18.7 Å². The third kappa shape index (κ3) is 4.43. The van der Waals surface area contributed by atoms with Crippen LogP contribution in [0, 0.1) is 11.6 Å². The maximum absolute atomic E-state index is 13.7. The minimum Gasteiger partial charge on any atom is -0.387 e. The molecule has 0 fully saturated rings.